The Morgan fingerprint density at radius 3 is 2.56 bits per heavy atom. The fraction of sp³-hybridized carbons (Fsp3) is 0.462. The SMILES string of the molecule is NC(=O)c1c(Br)cccc1NC1CCC(N)CC1. The highest BCUT2D eigenvalue weighted by atomic mass is 79.9. The second-order valence-electron chi connectivity index (χ2n) is 4.78. The van der Waals surface area contributed by atoms with E-state index < -0.39 is 5.91 Å². The molecule has 4 nitrogen and oxygen atoms in total. The molecule has 1 fully saturated rings. The summed E-state index contributed by atoms with van der Waals surface area (Å²) < 4.78 is 0.729. The molecule has 0 radical (unpaired) electrons. The largest absolute Gasteiger partial charge is 0.382 e. The standard InChI is InChI=1S/C13H18BrN3O/c14-10-2-1-3-11(12(10)13(16)18)17-9-6-4-8(15)5-7-9/h1-3,8-9,17H,4-7,15H2,(H2,16,18). The number of anilines is 1. The van der Waals surface area contributed by atoms with Crippen molar-refractivity contribution in [3.05, 3.63) is 28.2 Å². The number of rotatable bonds is 3. The van der Waals surface area contributed by atoms with Crippen molar-refractivity contribution in [2.75, 3.05) is 5.32 Å². The number of hydrogen-bond donors (Lipinski definition) is 3. The van der Waals surface area contributed by atoms with Gasteiger partial charge in [0.15, 0.2) is 0 Å². The van der Waals surface area contributed by atoms with Crippen molar-refractivity contribution < 1.29 is 4.79 Å². The van der Waals surface area contributed by atoms with Crippen LogP contribution in [0.4, 0.5) is 5.69 Å². The number of hydrogen-bond acceptors (Lipinski definition) is 3. The zero-order chi connectivity index (χ0) is 13.1. The minimum absolute atomic E-state index is 0.321. The van der Waals surface area contributed by atoms with Crippen LogP contribution in [0, 0.1) is 0 Å². The maximum Gasteiger partial charge on any atom is 0.251 e. The summed E-state index contributed by atoms with van der Waals surface area (Å²) in [5.41, 5.74) is 12.6. The third kappa shape index (κ3) is 3.03. The van der Waals surface area contributed by atoms with Crippen LogP contribution in [0.2, 0.25) is 0 Å². The Kier molecular flexibility index (Phi) is 4.24. The van der Waals surface area contributed by atoms with Gasteiger partial charge in [0, 0.05) is 22.2 Å². The highest BCUT2D eigenvalue weighted by Crippen LogP contribution is 2.27. The van der Waals surface area contributed by atoms with Gasteiger partial charge in [0.05, 0.1) is 5.56 Å². The maximum atomic E-state index is 11.5. The number of carbonyl (C=O) groups is 1. The summed E-state index contributed by atoms with van der Waals surface area (Å²) in [5, 5.41) is 3.41. The zero-order valence-electron chi connectivity index (χ0n) is 10.2. The predicted octanol–water partition coefficient (Wildman–Crippen LogP) is 2.23. The lowest BCUT2D eigenvalue weighted by atomic mass is 9.91. The summed E-state index contributed by atoms with van der Waals surface area (Å²) >= 11 is 3.36. The summed E-state index contributed by atoms with van der Waals surface area (Å²) in [5.74, 6) is -0.419. The van der Waals surface area contributed by atoms with Crippen molar-refractivity contribution in [3.8, 4) is 0 Å². The fourth-order valence-corrected chi connectivity index (χ4v) is 2.94. The Morgan fingerprint density at radius 2 is 1.94 bits per heavy atom. The van der Waals surface area contributed by atoms with Gasteiger partial charge in [-0.2, -0.15) is 0 Å². The lowest BCUT2D eigenvalue weighted by Crippen LogP contribution is -2.33. The lowest BCUT2D eigenvalue weighted by Gasteiger charge is -2.28. The molecule has 0 saturated heterocycles. The van der Waals surface area contributed by atoms with Crippen LogP contribution in [0.1, 0.15) is 36.0 Å². The zero-order valence-corrected chi connectivity index (χ0v) is 11.7. The Balaban J connectivity index is 2.14. The van der Waals surface area contributed by atoms with Gasteiger partial charge in [-0.05, 0) is 53.7 Å². The van der Waals surface area contributed by atoms with Crippen LogP contribution < -0.4 is 16.8 Å². The van der Waals surface area contributed by atoms with Crippen LogP contribution >= 0.6 is 15.9 Å². The molecule has 0 unspecified atom stereocenters. The van der Waals surface area contributed by atoms with E-state index in [-0.39, 0.29) is 0 Å². The van der Waals surface area contributed by atoms with E-state index in [9.17, 15) is 4.79 Å². The van der Waals surface area contributed by atoms with Crippen molar-refractivity contribution in [2.45, 2.75) is 37.8 Å². The molecule has 1 aliphatic carbocycles. The van der Waals surface area contributed by atoms with E-state index in [0.717, 1.165) is 35.8 Å². The van der Waals surface area contributed by atoms with E-state index in [0.29, 0.717) is 17.6 Å². The number of primary amides is 1. The Hall–Kier alpha value is -1.07. The molecule has 18 heavy (non-hydrogen) atoms. The smallest absolute Gasteiger partial charge is 0.251 e. The van der Waals surface area contributed by atoms with E-state index in [2.05, 4.69) is 21.2 Å². The molecule has 1 aliphatic rings. The third-order valence-corrected chi connectivity index (χ3v) is 4.05. The van der Waals surface area contributed by atoms with E-state index >= 15 is 0 Å². The van der Waals surface area contributed by atoms with Crippen LogP contribution in [0.25, 0.3) is 0 Å². The highest BCUT2D eigenvalue weighted by Gasteiger charge is 2.20. The van der Waals surface area contributed by atoms with Gasteiger partial charge in [-0.25, -0.2) is 0 Å². The normalized spacial score (nSPS) is 23.7. The maximum absolute atomic E-state index is 11.5. The average Bonchev–Trinajstić information content (AvgIpc) is 2.32. The van der Waals surface area contributed by atoms with E-state index in [4.69, 9.17) is 11.5 Å². The Morgan fingerprint density at radius 1 is 1.28 bits per heavy atom. The number of carbonyl (C=O) groups excluding carboxylic acids is 1. The average molecular weight is 312 g/mol. The lowest BCUT2D eigenvalue weighted by molar-refractivity contribution is 0.100. The number of nitrogens with two attached hydrogens (primary N) is 2. The van der Waals surface area contributed by atoms with Crippen LogP contribution in [0.5, 0.6) is 0 Å². The molecule has 0 aliphatic heterocycles. The van der Waals surface area contributed by atoms with E-state index in [1.807, 2.05) is 18.2 Å². The molecule has 0 spiro atoms. The van der Waals surface area contributed by atoms with Gasteiger partial charge in [-0.15, -0.1) is 0 Å². The number of halogens is 1. The summed E-state index contributed by atoms with van der Waals surface area (Å²) in [6.07, 6.45) is 4.12. The molecule has 0 aromatic heterocycles. The first kappa shape index (κ1) is 13.4. The first-order chi connectivity index (χ1) is 8.58. The van der Waals surface area contributed by atoms with Crippen molar-refractivity contribution in [3.63, 3.8) is 0 Å². The summed E-state index contributed by atoms with van der Waals surface area (Å²) in [6.45, 7) is 0. The van der Waals surface area contributed by atoms with Gasteiger partial charge in [0.2, 0.25) is 0 Å². The van der Waals surface area contributed by atoms with Crippen LogP contribution in [0.15, 0.2) is 22.7 Å². The van der Waals surface area contributed by atoms with Crippen molar-refractivity contribution >= 4 is 27.5 Å². The molecule has 1 aromatic rings. The molecule has 1 amide bonds. The predicted molar refractivity (Wildman–Crippen MR) is 76.5 cm³/mol. The fourth-order valence-electron chi connectivity index (χ4n) is 2.38. The van der Waals surface area contributed by atoms with E-state index in [1.165, 1.54) is 0 Å². The van der Waals surface area contributed by atoms with Crippen molar-refractivity contribution in [1.82, 2.24) is 0 Å². The second kappa shape index (κ2) is 5.71. The molecular weight excluding hydrogens is 294 g/mol. The Labute approximate surface area is 115 Å². The highest BCUT2D eigenvalue weighted by molar-refractivity contribution is 9.10. The molecule has 1 saturated carbocycles. The second-order valence-corrected chi connectivity index (χ2v) is 5.64. The van der Waals surface area contributed by atoms with Crippen LogP contribution in [-0.4, -0.2) is 18.0 Å². The van der Waals surface area contributed by atoms with Gasteiger partial charge in [-0.1, -0.05) is 6.07 Å². The molecule has 1 aromatic carbocycles. The van der Waals surface area contributed by atoms with E-state index in [1.54, 1.807) is 0 Å². The summed E-state index contributed by atoms with van der Waals surface area (Å²) in [7, 11) is 0. The first-order valence-corrected chi connectivity index (χ1v) is 6.97. The molecule has 2 rings (SSSR count). The van der Waals surface area contributed by atoms with Gasteiger partial charge < -0.3 is 16.8 Å². The molecule has 5 heteroatoms. The van der Waals surface area contributed by atoms with Crippen LogP contribution in [0.3, 0.4) is 0 Å². The minimum Gasteiger partial charge on any atom is -0.382 e. The molecule has 5 N–H and O–H groups in total. The minimum atomic E-state index is -0.419. The van der Waals surface area contributed by atoms with Gasteiger partial charge in [-0.3, -0.25) is 4.79 Å². The topological polar surface area (TPSA) is 81.1 Å². The quantitative estimate of drug-likeness (QED) is 0.800. The monoisotopic (exact) mass is 311 g/mol. The molecule has 0 heterocycles. The molecule has 98 valence electrons. The number of benzene rings is 1. The summed E-state index contributed by atoms with van der Waals surface area (Å²) in [4.78, 5) is 11.5. The van der Waals surface area contributed by atoms with Crippen LogP contribution in [-0.2, 0) is 0 Å². The number of amides is 1. The van der Waals surface area contributed by atoms with Gasteiger partial charge in [0.25, 0.3) is 5.91 Å². The van der Waals surface area contributed by atoms with Crippen molar-refractivity contribution in [2.24, 2.45) is 11.5 Å². The summed E-state index contributed by atoms with van der Waals surface area (Å²) in [6, 6.07) is 6.30. The van der Waals surface area contributed by atoms with Gasteiger partial charge in [0.1, 0.15) is 0 Å². The molecular formula is C13H18BrN3O. The Bertz CT molecular complexity index is 442. The van der Waals surface area contributed by atoms with Crippen molar-refractivity contribution in [1.29, 1.82) is 0 Å². The third-order valence-electron chi connectivity index (χ3n) is 3.39. The molecule has 0 bridgehead atoms. The first-order valence-electron chi connectivity index (χ1n) is 6.18. The number of nitrogens with one attached hydrogen (secondary N) is 1. The molecule has 0 atom stereocenters. The van der Waals surface area contributed by atoms with Gasteiger partial charge >= 0.3 is 0 Å².